The Hall–Kier alpha value is -13.4. The SMILES string of the molecule is C/C(=N\Nc1ccccc1)c1ccccc1N.CC(=O)c1ccccc1N.CC1(C)OB(c2cccc(-c3nc4ccccc4c4cc5ccccc5n34)c2)OC1(C)C.Clc1cccc(-c2nc3ccccc3c3cc4ccccc4n23)c1.NNc1ccccc1.Nc1ccccc1-c1cc2ccccc2[nH]1.O=C(Cl)c1cccc(Cl)c1. The maximum atomic E-state index is 10.8. The number of anilines is 5. The number of rotatable bonds is 10. The van der Waals surface area contributed by atoms with Gasteiger partial charge >= 0.3 is 7.12 Å². The standard InChI is InChI=1S/C27H25BN2O2.C21H13ClN2.C14H15N3.C14H12N2.C8H9NO.C7H4Cl2O.C6H8N2/c1-26(2)27(3,4)32-28(31-26)20-12-9-11-19(16-20)25-29-22-14-7-6-13-21(22)24-17-18-10-5-8-15-23(18)30(24)25;22-16-8-5-7-15(12-16)21-23-18-10-3-2-9-17(18)20-13-14-6-1-4-11-19(14)24(20)21;1-11(13-9-5-6-10-14(13)15)16-17-12-7-3-2-4-8-12;15-12-7-3-2-6-11(12)14-9-10-5-1-4-8-13(10)16-14;1-6(10)7-4-2-3-5-8(7)9;8-6-3-1-2-5(4-6)7(9)10;7-8-6-4-2-1-3-5-6/h5-17H,1-4H3;1-13H;2-10,17H,15H2,1H3;1-9,16H,15H2;2-5H,9H2,1H3;1-4H;1-5,8H,7H2/b;;16-11+;;;;. The van der Waals surface area contributed by atoms with Crippen molar-refractivity contribution >= 4 is 158 Å². The van der Waals surface area contributed by atoms with Crippen LogP contribution in [0.25, 0.3) is 99.6 Å². The zero-order chi connectivity index (χ0) is 82.2. The third-order valence-electron chi connectivity index (χ3n) is 20.0. The van der Waals surface area contributed by atoms with Crippen molar-refractivity contribution in [3.63, 3.8) is 0 Å². The van der Waals surface area contributed by atoms with Crippen LogP contribution in [0.5, 0.6) is 0 Å². The van der Waals surface area contributed by atoms with Gasteiger partial charge in [0.25, 0.3) is 5.24 Å². The van der Waals surface area contributed by atoms with E-state index in [-0.39, 0.29) is 17.0 Å². The number of nitrogen functional groups attached to an aromatic ring is 4. The van der Waals surface area contributed by atoms with Gasteiger partial charge in [-0.2, -0.15) is 5.10 Å². The van der Waals surface area contributed by atoms with Gasteiger partial charge in [-0.15, -0.1) is 0 Å². The Morgan fingerprint density at radius 3 is 1.39 bits per heavy atom. The number of hydrazone groups is 1. The fourth-order valence-electron chi connectivity index (χ4n) is 13.4. The van der Waals surface area contributed by atoms with Crippen molar-refractivity contribution in [3.8, 4) is 34.0 Å². The summed E-state index contributed by atoms with van der Waals surface area (Å²) < 4.78 is 17.1. The van der Waals surface area contributed by atoms with Gasteiger partial charge in [0, 0.05) is 104 Å². The number of para-hydroxylation sites is 10. The number of hydrogen-bond acceptors (Lipinski definition) is 13. The predicted molar refractivity (Wildman–Crippen MR) is 490 cm³/mol. The first-order valence-electron chi connectivity index (χ1n) is 37.9. The monoisotopic (exact) mass is 1600 g/mol. The van der Waals surface area contributed by atoms with E-state index in [1.807, 2.05) is 165 Å². The molecule has 1 aliphatic heterocycles. The molecule has 1 fully saturated rings. The molecule has 1 saturated heterocycles. The van der Waals surface area contributed by atoms with Crippen LogP contribution in [-0.2, 0) is 9.31 Å². The largest absolute Gasteiger partial charge is 0.494 e. The Morgan fingerprint density at radius 1 is 0.444 bits per heavy atom. The number of nitrogens with zero attached hydrogens (tertiary/aromatic N) is 5. The van der Waals surface area contributed by atoms with Crippen LogP contribution in [-0.4, -0.2) is 58.8 Å². The maximum Gasteiger partial charge on any atom is 0.494 e. The van der Waals surface area contributed by atoms with Crippen LogP contribution >= 0.6 is 34.8 Å². The zero-order valence-electron chi connectivity index (χ0n) is 65.3. The Balaban J connectivity index is 0.000000125. The van der Waals surface area contributed by atoms with E-state index in [0.717, 1.165) is 123 Å². The fraction of sp³-hybridized carbons (Fsp3) is 0.0825. The smallest absolute Gasteiger partial charge is 0.399 e. The van der Waals surface area contributed by atoms with Crippen molar-refractivity contribution in [2.75, 3.05) is 28.1 Å². The molecule has 0 spiro atoms. The molecule has 16 nitrogen and oxygen atoms in total. The van der Waals surface area contributed by atoms with Crippen molar-refractivity contribution < 1.29 is 18.9 Å². The molecule has 19 rings (SSSR count). The minimum atomic E-state index is -0.484. The molecule has 117 heavy (non-hydrogen) atoms. The number of nitrogens with one attached hydrogen (secondary N) is 3. The van der Waals surface area contributed by atoms with Crippen molar-refractivity contribution in [1.29, 1.82) is 0 Å². The molecule has 0 aliphatic carbocycles. The topological polar surface area (TPSA) is 243 Å². The number of H-pyrrole nitrogens is 1. The quantitative estimate of drug-likeness (QED) is 0.0129. The molecule has 1 aliphatic rings. The second-order valence-electron chi connectivity index (χ2n) is 28.5. The summed E-state index contributed by atoms with van der Waals surface area (Å²) in [6.45, 7) is 11.8. The third-order valence-corrected chi connectivity index (χ3v) is 20.7. The first kappa shape index (κ1) is 81.7. The summed E-state index contributed by atoms with van der Waals surface area (Å²) >= 11 is 17.0. The normalized spacial score (nSPS) is 12.5. The van der Waals surface area contributed by atoms with E-state index in [2.05, 4.69) is 203 Å². The second kappa shape index (κ2) is 37.3. The number of aromatic nitrogens is 5. The minimum absolute atomic E-state index is 0.0121. The van der Waals surface area contributed by atoms with Crippen LogP contribution < -0.4 is 39.4 Å². The predicted octanol–water partition coefficient (Wildman–Crippen LogP) is 23.3. The first-order valence-corrected chi connectivity index (χ1v) is 39.0. The van der Waals surface area contributed by atoms with Crippen molar-refractivity contribution in [1.82, 2.24) is 23.8 Å². The molecule has 5 aromatic heterocycles. The van der Waals surface area contributed by atoms with Crippen LogP contribution in [0.2, 0.25) is 10.0 Å². The summed E-state index contributed by atoms with van der Waals surface area (Å²) in [5.74, 6) is 6.94. The number of aromatic amines is 1. The lowest BCUT2D eigenvalue weighted by atomic mass is 9.78. The van der Waals surface area contributed by atoms with Gasteiger partial charge in [-0.25, -0.2) is 9.97 Å². The average Bonchev–Trinajstić information content (AvgIpc) is 1.60. The van der Waals surface area contributed by atoms with Gasteiger partial charge in [0.2, 0.25) is 0 Å². The van der Waals surface area contributed by atoms with Gasteiger partial charge in [0.15, 0.2) is 5.78 Å². The lowest BCUT2D eigenvalue weighted by Gasteiger charge is -2.32. The van der Waals surface area contributed by atoms with Gasteiger partial charge in [0.05, 0.1) is 55.7 Å². The summed E-state index contributed by atoms with van der Waals surface area (Å²) in [6.07, 6.45) is 0. The lowest BCUT2D eigenvalue weighted by molar-refractivity contribution is 0.00578. The molecule has 13 aromatic carbocycles. The van der Waals surface area contributed by atoms with Crippen LogP contribution in [0.1, 0.15) is 67.8 Å². The van der Waals surface area contributed by atoms with Gasteiger partial charge in [0.1, 0.15) is 11.6 Å². The molecule has 11 N–H and O–H groups in total. The summed E-state index contributed by atoms with van der Waals surface area (Å²) in [5, 5.41) is 11.0. The molecule has 20 heteroatoms. The molecule has 0 amide bonds. The van der Waals surface area contributed by atoms with E-state index in [9.17, 15) is 9.59 Å². The molecular formula is C97H86BCl3N12O4. The number of fused-ring (bicyclic) bond motifs is 11. The maximum absolute atomic E-state index is 10.8. The highest BCUT2D eigenvalue weighted by Crippen LogP contribution is 2.39. The van der Waals surface area contributed by atoms with Crippen molar-refractivity contribution in [3.05, 3.63) is 373 Å². The highest BCUT2D eigenvalue weighted by atomic mass is 35.5. The van der Waals surface area contributed by atoms with Gasteiger partial charge in [-0.05, 0) is 186 Å². The number of ketones is 1. The number of carbonyl (C=O) groups is 2. The van der Waals surface area contributed by atoms with Crippen molar-refractivity contribution in [2.24, 2.45) is 10.9 Å². The average molecular weight is 1600 g/mol. The summed E-state index contributed by atoms with van der Waals surface area (Å²) in [4.78, 5) is 34.7. The number of hydrogen-bond donors (Lipinski definition) is 7. The molecule has 0 atom stereocenters. The zero-order valence-corrected chi connectivity index (χ0v) is 67.6. The van der Waals surface area contributed by atoms with Gasteiger partial charge in [-0.3, -0.25) is 29.7 Å². The molecule has 6 heterocycles. The van der Waals surface area contributed by atoms with Gasteiger partial charge in [-0.1, -0.05) is 242 Å². The first-order chi connectivity index (χ1) is 56.6. The number of carbonyl (C=O) groups excluding carboxylic acids is 2. The number of halogens is 3. The Morgan fingerprint density at radius 2 is 0.897 bits per heavy atom. The summed E-state index contributed by atoms with van der Waals surface area (Å²) in [5.41, 5.74) is 41.9. The van der Waals surface area contributed by atoms with Gasteiger partial charge < -0.3 is 36.9 Å². The Labute approximate surface area is 694 Å². The fourth-order valence-corrected chi connectivity index (χ4v) is 13.9. The molecular weight excluding hydrogens is 1510 g/mol. The molecule has 582 valence electrons. The summed E-state index contributed by atoms with van der Waals surface area (Å²) in [7, 11) is -0.405. The summed E-state index contributed by atoms with van der Waals surface area (Å²) in [6, 6.07) is 113. The van der Waals surface area contributed by atoms with Crippen LogP contribution in [0, 0.1) is 0 Å². The van der Waals surface area contributed by atoms with Crippen molar-refractivity contribution in [2.45, 2.75) is 52.7 Å². The molecule has 0 saturated carbocycles. The number of benzene rings is 13. The Bertz CT molecular complexity index is 6520. The second-order valence-corrected chi connectivity index (χ2v) is 29.8. The van der Waals surface area contributed by atoms with Crippen LogP contribution in [0.3, 0.4) is 0 Å². The van der Waals surface area contributed by atoms with E-state index in [4.69, 9.17) is 77.1 Å². The van der Waals surface area contributed by atoms with E-state index in [1.54, 1.807) is 36.4 Å². The number of Topliss-reactive ketones (excluding diaryl/α,β-unsaturated/α-hetero) is 1. The molecule has 0 unspecified atom stereocenters. The van der Waals surface area contributed by atoms with Crippen LogP contribution in [0.15, 0.2) is 351 Å². The number of hydrazine groups is 1. The lowest BCUT2D eigenvalue weighted by Crippen LogP contribution is -2.41. The van der Waals surface area contributed by atoms with E-state index >= 15 is 0 Å². The molecule has 18 aromatic rings. The number of nitrogens with two attached hydrogens (primary N) is 4. The minimum Gasteiger partial charge on any atom is -0.399 e. The van der Waals surface area contributed by atoms with E-state index in [1.165, 1.54) is 29.1 Å². The highest BCUT2D eigenvalue weighted by Gasteiger charge is 2.51. The molecule has 0 bridgehead atoms. The molecule has 0 radical (unpaired) electrons. The third kappa shape index (κ3) is 19.5. The van der Waals surface area contributed by atoms with Crippen LogP contribution in [0.4, 0.5) is 28.4 Å². The van der Waals surface area contributed by atoms with E-state index < -0.39 is 12.4 Å². The Kier molecular flexibility index (Phi) is 26.0. The van der Waals surface area contributed by atoms with E-state index in [0.29, 0.717) is 26.9 Å². The highest BCUT2D eigenvalue weighted by molar-refractivity contribution is 6.67.